The molecule has 196 valence electrons. The number of alkyl halides is 3. The second kappa shape index (κ2) is 10.9. The average Bonchev–Trinajstić information content (AvgIpc) is 2.89. The number of allylic oxidation sites excluding steroid dienone is 1. The summed E-state index contributed by atoms with van der Waals surface area (Å²) in [5.41, 5.74) is -0.178. The zero-order valence-corrected chi connectivity index (χ0v) is 21.1. The van der Waals surface area contributed by atoms with Crippen molar-refractivity contribution in [2.45, 2.75) is 44.5 Å². The van der Waals surface area contributed by atoms with Crippen molar-refractivity contribution < 1.29 is 27.4 Å². The number of piperidine rings is 2. The van der Waals surface area contributed by atoms with E-state index < -0.39 is 17.8 Å². The summed E-state index contributed by atoms with van der Waals surface area (Å²) in [5.74, 6) is 0.425. The molecule has 2 saturated heterocycles. The van der Waals surface area contributed by atoms with Gasteiger partial charge in [0, 0.05) is 24.5 Å². The quantitative estimate of drug-likeness (QED) is 0.346. The minimum absolute atomic E-state index is 0.0887. The first kappa shape index (κ1) is 26.7. The van der Waals surface area contributed by atoms with Gasteiger partial charge < -0.3 is 14.4 Å². The minimum Gasteiger partial charge on any atom is -0.496 e. The summed E-state index contributed by atoms with van der Waals surface area (Å²) < 4.78 is 50.6. The predicted octanol–water partition coefficient (Wildman–Crippen LogP) is 5.82. The average molecular weight is 535 g/mol. The van der Waals surface area contributed by atoms with Crippen LogP contribution in [0.2, 0.25) is 5.02 Å². The second-order valence-electron chi connectivity index (χ2n) is 8.85. The van der Waals surface area contributed by atoms with Crippen molar-refractivity contribution in [3.8, 4) is 11.6 Å². The van der Waals surface area contributed by atoms with E-state index in [-0.39, 0.29) is 34.6 Å². The van der Waals surface area contributed by atoms with Crippen LogP contribution in [0.1, 0.15) is 47.7 Å². The number of fused-ring (bicyclic) bond motifs is 3. The van der Waals surface area contributed by atoms with E-state index in [1.165, 1.54) is 7.11 Å². The molecule has 7 nitrogen and oxygen atoms in total. The number of benzene rings is 1. The number of aliphatic imine (C=N–C) groups is 2. The van der Waals surface area contributed by atoms with Gasteiger partial charge >= 0.3 is 6.18 Å². The summed E-state index contributed by atoms with van der Waals surface area (Å²) in [5, 5.41) is -0.233. The third-order valence-corrected chi connectivity index (χ3v) is 6.85. The molecule has 2 aromatic rings. The molecule has 0 spiro atoms. The third-order valence-electron chi connectivity index (χ3n) is 6.58. The molecule has 1 amide bonds. The first-order valence-corrected chi connectivity index (χ1v) is 12.1. The molecular formula is C26H26ClF3N4O3. The maximum absolute atomic E-state index is 14.0. The molecule has 5 rings (SSSR count). The lowest BCUT2D eigenvalue weighted by atomic mass is 9.77. The van der Waals surface area contributed by atoms with Gasteiger partial charge in [-0.05, 0) is 51.0 Å². The monoisotopic (exact) mass is 534 g/mol. The number of ether oxygens (including phenoxy) is 2. The Morgan fingerprint density at radius 3 is 2.73 bits per heavy atom. The van der Waals surface area contributed by atoms with Gasteiger partial charge in [0.15, 0.2) is 5.84 Å². The Balaban J connectivity index is 1.66. The molecule has 0 radical (unpaired) electrons. The van der Waals surface area contributed by atoms with Crippen LogP contribution in [0.5, 0.6) is 11.6 Å². The van der Waals surface area contributed by atoms with Gasteiger partial charge in [0.1, 0.15) is 16.9 Å². The molecule has 1 aromatic heterocycles. The number of halogens is 4. The number of carbonyl (C=O) groups excluding carboxylic acids is 1. The van der Waals surface area contributed by atoms with Gasteiger partial charge in [-0.3, -0.25) is 4.79 Å². The van der Waals surface area contributed by atoms with Gasteiger partial charge in [0.05, 0.1) is 24.3 Å². The van der Waals surface area contributed by atoms with Crippen molar-refractivity contribution in [3.05, 3.63) is 64.5 Å². The number of amides is 1. The van der Waals surface area contributed by atoms with Crippen molar-refractivity contribution in [1.29, 1.82) is 0 Å². The molecule has 1 saturated carbocycles. The molecule has 1 aromatic carbocycles. The van der Waals surface area contributed by atoms with Crippen LogP contribution >= 0.6 is 11.6 Å². The first-order chi connectivity index (χ1) is 17.7. The van der Waals surface area contributed by atoms with Gasteiger partial charge in [-0.15, -0.1) is 0 Å². The normalized spacial score (nSPS) is 21.8. The maximum Gasteiger partial charge on any atom is 0.417 e. The number of hydrogen-bond acceptors (Lipinski definition) is 5. The van der Waals surface area contributed by atoms with E-state index in [9.17, 15) is 18.0 Å². The van der Waals surface area contributed by atoms with Crippen LogP contribution in [-0.4, -0.2) is 54.1 Å². The highest BCUT2D eigenvalue weighted by atomic mass is 35.5. The van der Waals surface area contributed by atoms with Crippen LogP contribution in [0.25, 0.3) is 0 Å². The number of aromatic nitrogens is 1. The Morgan fingerprint density at radius 1 is 1.32 bits per heavy atom. The number of hydrogen-bond donors (Lipinski definition) is 0. The van der Waals surface area contributed by atoms with Crippen molar-refractivity contribution in [3.63, 3.8) is 0 Å². The van der Waals surface area contributed by atoms with E-state index in [1.54, 1.807) is 35.4 Å². The molecular weight excluding hydrogens is 509 g/mol. The van der Waals surface area contributed by atoms with Gasteiger partial charge in [-0.25, -0.2) is 15.0 Å². The van der Waals surface area contributed by atoms with E-state index in [2.05, 4.69) is 21.7 Å². The Morgan fingerprint density at radius 2 is 2.11 bits per heavy atom. The zero-order chi connectivity index (χ0) is 26.7. The van der Waals surface area contributed by atoms with Crippen molar-refractivity contribution in [1.82, 2.24) is 9.88 Å². The van der Waals surface area contributed by atoms with Gasteiger partial charge in [0.25, 0.3) is 5.91 Å². The van der Waals surface area contributed by atoms with E-state index in [0.717, 1.165) is 12.5 Å². The van der Waals surface area contributed by atoms with Crippen molar-refractivity contribution in [2.24, 2.45) is 15.9 Å². The zero-order valence-electron chi connectivity index (χ0n) is 20.3. The Bertz CT molecular complexity index is 1250. The van der Waals surface area contributed by atoms with Crippen LogP contribution < -0.4 is 9.47 Å². The van der Waals surface area contributed by atoms with E-state index in [0.29, 0.717) is 42.5 Å². The number of pyridine rings is 1. The first-order valence-electron chi connectivity index (χ1n) is 11.7. The standard InChI is InChI=1S/C26H26ClF3N4O3/c1-4-10-32-23(31-2)17-6-5-7-20(36-3)22(17)25(35)34-14-15-8-9-19(34)21(11-15)37-24-18(27)12-16(13-33-24)26(28,29)30/h4-7,10,12-13,15,19,21H,2,8-9,11,14H2,1,3H3/b10-4-,32-23?. The number of methoxy groups -OCH3 is 1. The lowest BCUT2D eigenvalue weighted by Gasteiger charge is -2.49. The molecule has 3 heterocycles. The van der Waals surface area contributed by atoms with Gasteiger partial charge in [-0.2, -0.15) is 13.2 Å². The molecule has 3 fully saturated rings. The highest BCUT2D eigenvalue weighted by molar-refractivity contribution is 6.31. The summed E-state index contributed by atoms with van der Waals surface area (Å²) in [6.45, 7) is 5.92. The fraction of sp³-hybridized carbons (Fsp3) is 0.385. The number of nitrogens with zero attached hydrogens (tertiary/aromatic N) is 4. The smallest absolute Gasteiger partial charge is 0.417 e. The van der Waals surface area contributed by atoms with Crippen LogP contribution in [-0.2, 0) is 6.18 Å². The highest BCUT2D eigenvalue weighted by Gasteiger charge is 2.45. The molecule has 2 bridgehead atoms. The summed E-state index contributed by atoms with van der Waals surface area (Å²) in [4.78, 5) is 27.8. The molecule has 1 aliphatic carbocycles. The van der Waals surface area contributed by atoms with Crippen molar-refractivity contribution in [2.75, 3.05) is 13.7 Å². The number of rotatable bonds is 6. The lowest BCUT2D eigenvalue weighted by Crippen LogP contribution is -2.59. The predicted molar refractivity (Wildman–Crippen MR) is 135 cm³/mol. The van der Waals surface area contributed by atoms with E-state index >= 15 is 0 Å². The SMILES string of the molecule is C=NC(=N/C=C\C)c1cccc(OC)c1C(=O)N1CC2CCC1C(Oc1ncc(C(F)(F)F)cc1Cl)C2. The summed E-state index contributed by atoms with van der Waals surface area (Å²) in [6.07, 6.45) is 1.15. The Hall–Kier alpha value is -3.40. The highest BCUT2D eigenvalue weighted by Crippen LogP contribution is 2.41. The summed E-state index contributed by atoms with van der Waals surface area (Å²) in [6, 6.07) is 5.63. The number of amidine groups is 1. The molecule has 2 aliphatic heterocycles. The van der Waals surface area contributed by atoms with Crippen LogP contribution in [0.15, 0.2) is 52.7 Å². The van der Waals surface area contributed by atoms with Crippen LogP contribution in [0.4, 0.5) is 13.2 Å². The largest absolute Gasteiger partial charge is 0.496 e. The number of carbonyl (C=O) groups is 1. The van der Waals surface area contributed by atoms with E-state index in [1.807, 2.05) is 6.92 Å². The minimum atomic E-state index is -4.57. The van der Waals surface area contributed by atoms with Crippen LogP contribution in [0.3, 0.4) is 0 Å². The third kappa shape index (κ3) is 5.49. The summed E-state index contributed by atoms with van der Waals surface area (Å²) in [7, 11) is 1.48. The van der Waals surface area contributed by atoms with Crippen LogP contribution in [0, 0.1) is 5.92 Å². The second-order valence-corrected chi connectivity index (χ2v) is 9.25. The van der Waals surface area contributed by atoms with Gasteiger partial charge in [0.2, 0.25) is 5.88 Å². The molecule has 3 unspecified atom stereocenters. The Labute approximate surface area is 217 Å². The Kier molecular flexibility index (Phi) is 7.87. The molecule has 3 aliphatic rings. The maximum atomic E-state index is 14.0. The molecule has 0 N–H and O–H groups in total. The lowest BCUT2D eigenvalue weighted by molar-refractivity contribution is -0.137. The fourth-order valence-corrected chi connectivity index (χ4v) is 5.11. The molecule has 3 atom stereocenters. The van der Waals surface area contributed by atoms with E-state index in [4.69, 9.17) is 21.1 Å². The van der Waals surface area contributed by atoms with Crippen molar-refractivity contribution >= 4 is 30.1 Å². The molecule has 37 heavy (non-hydrogen) atoms. The topological polar surface area (TPSA) is 76.4 Å². The fourth-order valence-electron chi connectivity index (χ4n) is 4.89. The summed E-state index contributed by atoms with van der Waals surface area (Å²) >= 11 is 6.08. The molecule has 11 heteroatoms. The van der Waals surface area contributed by atoms with Gasteiger partial charge in [-0.1, -0.05) is 29.8 Å².